The van der Waals surface area contributed by atoms with Gasteiger partial charge in [-0.1, -0.05) is 62.4 Å². The minimum atomic E-state index is -1.26. The molecule has 1 aliphatic carbocycles. The number of ether oxygens (including phenoxy) is 2. The van der Waals surface area contributed by atoms with Crippen LogP contribution in [0.3, 0.4) is 0 Å². The molecule has 1 fully saturated rings. The van der Waals surface area contributed by atoms with Crippen LogP contribution in [-0.2, 0) is 19.1 Å². The van der Waals surface area contributed by atoms with Gasteiger partial charge < -0.3 is 24.8 Å². The van der Waals surface area contributed by atoms with Crippen LogP contribution in [0.2, 0.25) is 0 Å². The van der Waals surface area contributed by atoms with Crippen LogP contribution in [0.4, 0.5) is 4.79 Å². The topological polar surface area (TPSA) is 105 Å². The maximum absolute atomic E-state index is 13.5. The molecule has 1 unspecified atom stereocenters. The molecule has 2 aromatic rings. The van der Waals surface area contributed by atoms with Gasteiger partial charge in [-0.25, -0.2) is 9.59 Å². The zero-order valence-electron chi connectivity index (χ0n) is 19.5. The van der Waals surface area contributed by atoms with Gasteiger partial charge in [0.25, 0.3) is 0 Å². The molecule has 8 heteroatoms. The molecule has 8 nitrogen and oxygen atoms in total. The fourth-order valence-electron chi connectivity index (χ4n) is 4.94. The average Bonchev–Trinajstić information content (AvgIpc) is 3.19. The summed E-state index contributed by atoms with van der Waals surface area (Å²) in [6.45, 7) is 4.05. The van der Waals surface area contributed by atoms with Gasteiger partial charge in [0.1, 0.15) is 12.1 Å². The second-order valence-electron chi connectivity index (χ2n) is 8.67. The van der Waals surface area contributed by atoms with Crippen molar-refractivity contribution >= 4 is 18.0 Å². The number of fused-ring (bicyclic) bond motifs is 3. The zero-order chi connectivity index (χ0) is 24.3. The van der Waals surface area contributed by atoms with E-state index in [0.717, 1.165) is 22.3 Å². The maximum atomic E-state index is 13.5. The fourth-order valence-corrected chi connectivity index (χ4v) is 4.94. The Hall–Kier alpha value is -3.39. The van der Waals surface area contributed by atoms with Gasteiger partial charge in [0, 0.05) is 12.5 Å². The highest BCUT2D eigenvalue weighted by Crippen LogP contribution is 2.44. The number of hydrogen-bond acceptors (Lipinski definition) is 5. The maximum Gasteiger partial charge on any atom is 0.408 e. The molecule has 1 saturated heterocycles. The lowest BCUT2D eigenvalue weighted by Gasteiger charge is -2.40. The van der Waals surface area contributed by atoms with E-state index in [4.69, 9.17) is 9.47 Å². The molecule has 0 radical (unpaired) electrons. The number of hydrogen-bond donors (Lipinski definition) is 2. The molecule has 0 bridgehead atoms. The summed E-state index contributed by atoms with van der Waals surface area (Å²) in [5, 5.41) is 12.3. The average molecular weight is 467 g/mol. The van der Waals surface area contributed by atoms with Crippen LogP contribution in [0.15, 0.2) is 48.5 Å². The molecule has 34 heavy (non-hydrogen) atoms. The van der Waals surface area contributed by atoms with Crippen molar-refractivity contribution in [3.8, 4) is 11.1 Å². The van der Waals surface area contributed by atoms with E-state index >= 15 is 0 Å². The fraction of sp³-hybridized carbons (Fsp3) is 0.423. The lowest BCUT2D eigenvalue weighted by molar-refractivity contribution is -0.161. The number of carboxylic acid groups (broad SMARTS) is 1. The van der Waals surface area contributed by atoms with Crippen molar-refractivity contribution in [1.29, 1.82) is 0 Å². The van der Waals surface area contributed by atoms with Gasteiger partial charge >= 0.3 is 12.1 Å². The summed E-state index contributed by atoms with van der Waals surface area (Å²) in [7, 11) is 0. The Morgan fingerprint density at radius 3 is 2.21 bits per heavy atom. The molecule has 1 aliphatic heterocycles. The van der Waals surface area contributed by atoms with Crippen LogP contribution in [0, 0.1) is 0 Å². The SMILES string of the molecule is CCC(CC)(NC(=O)OCC1c2ccccc2-c2ccccc21)C(=O)N1CCOCC1C(=O)O. The van der Waals surface area contributed by atoms with Crippen molar-refractivity contribution in [1.82, 2.24) is 10.2 Å². The van der Waals surface area contributed by atoms with Crippen molar-refractivity contribution < 1.29 is 29.0 Å². The minimum absolute atomic E-state index is 0.0739. The lowest BCUT2D eigenvalue weighted by Crippen LogP contribution is -2.64. The highest BCUT2D eigenvalue weighted by molar-refractivity contribution is 5.93. The Balaban J connectivity index is 1.49. The Morgan fingerprint density at radius 1 is 1.06 bits per heavy atom. The summed E-state index contributed by atoms with van der Waals surface area (Å²) < 4.78 is 10.9. The van der Waals surface area contributed by atoms with Crippen molar-refractivity contribution in [3.05, 3.63) is 59.7 Å². The van der Waals surface area contributed by atoms with Gasteiger partial charge in [0.15, 0.2) is 6.04 Å². The molecule has 1 atom stereocenters. The van der Waals surface area contributed by atoms with Crippen LogP contribution in [-0.4, -0.2) is 65.9 Å². The van der Waals surface area contributed by atoms with Gasteiger partial charge in [0.05, 0.1) is 13.2 Å². The molecular formula is C26H30N2O6. The highest BCUT2D eigenvalue weighted by atomic mass is 16.5. The molecule has 4 rings (SSSR count). The van der Waals surface area contributed by atoms with Gasteiger partial charge in [0.2, 0.25) is 5.91 Å². The number of amides is 2. The molecule has 2 amide bonds. The van der Waals surface area contributed by atoms with Gasteiger partial charge in [-0.3, -0.25) is 4.79 Å². The van der Waals surface area contributed by atoms with E-state index in [1.165, 1.54) is 4.90 Å². The first-order chi connectivity index (χ1) is 16.4. The molecule has 0 aromatic heterocycles. The lowest BCUT2D eigenvalue weighted by atomic mass is 9.90. The highest BCUT2D eigenvalue weighted by Gasteiger charge is 2.45. The van der Waals surface area contributed by atoms with E-state index < -0.39 is 29.6 Å². The van der Waals surface area contributed by atoms with Crippen LogP contribution < -0.4 is 5.32 Å². The molecule has 0 spiro atoms. The van der Waals surface area contributed by atoms with Crippen molar-refractivity contribution in [2.24, 2.45) is 0 Å². The van der Waals surface area contributed by atoms with Crippen LogP contribution in [0.25, 0.3) is 11.1 Å². The number of nitrogens with zero attached hydrogens (tertiary/aromatic N) is 1. The Labute approximate surface area is 198 Å². The predicted molar refractivity (Wildman–Crippen MR) is 125 cm³/mol. The standard InChI is InChI=1S/C26H30N2O6/c1-3-26(4-2,24(31)28-13-14-33-16-22(28)23(29)30)27-25(32)34-15-21-19-11-7-5-9-17(19)18-10-6-8-12-20(18)21/h5-12,21-22H,3-4,13-16H2,1-2H3,(H,27,32)(H,29,30). The van der Waals surface area contributed by atoms with E-state index in [1.807, 2.05) is 36.4 Å². The van der Waals surface area contributed by atoms with E-state index in [-0.39, 0.29) is 32.3 Å². The number of rotatable bonds is 7. The number of carboxylic acids is 1. The Kier molecular flexibility index (Phi) is 6.88. The molecular weight excluding hydrogens is 436 g/mol. The third kappa shape index (κ3) is 4.25. The van der Waals surface area contributed by atoms with Crippen molar-refractivity contribution in [3.63, 3.8) is 0 Å². The first-order valence-corrected chi connectivity index (χ1v) is 11.7. The monoisotopic (exact) mass is 466 g/mol. The second-order valence-corrected chi connectivity index (χ2v) is 8.67. The quantitative estimate of drug-likeness (QED) is 0.648. The third-order valence-electron chi connectivity index (χ3n) is 6.98. The van der Waals surface area contributed by atoms with Crippen LogP contribution >= 0.6 is 0 Å². The molecule has 2 aromatic carbocycles. The number of carbonyl (C=O) groups excluding carboxylic acids is 2. The number of morpholine rings is 1. The van der Waals surface area contributed by atoms with Crippen molar-refractivity contribution in [2.75, 3.05) is 26.4 Å². The summed E-state index contributed by atoms with van der Waals surface area (Å²) in [5.41, 5.74) is 3.20. The van der Waals surface area contributed by atoms with Gasteiger partial charge in [-0.15, -0.1) is 0 Å². The van der Waals surface area contributed by atoms with Crippen LogP contribution in [0.5, 0.6) is 0 Å². The van der Waals surface area contributed by atoms with E-state index in [9.17, 15) is 19.5 Å². The molecule has 2 aliphatic rings. The van der Waals surface area contributed by atoms with E-state index in [0.29, 0.717) is 12.8 Å². The Bertz CT molecular complexity index is 1030. The number of carbonyl (C=O) groups is 3. The molecule has 1 heterocycles. The predicted octanol–water partition coefficient (Wildman–Crippen LogP) is 3.40. The molecule has 0 saturated carbocycles. The van der Waals surface area contributed by atoms with Gasteiger partial charge in [-0.05, 0) is 35.1 Å². The smallest absolute Gasteiger partial charge is 0.408 e. The number of benzene rings is 2. The minimum Gasteiger partial charge on any atom is -0.480 e. The molecule has 2 N–H and O–H groups in total. The Morgan fingerprint density at radius 2 is 1.65 bits per heavy atom. The van der Waals surface area contributed by atoms with Crippen LogP contribution in [0.1, 0.15) is 43.7 Å². The largest absolute Gasteiger partial charge is 0.480 e. The van der Waals surface area contributed by atoms with Crippen molar-refractivity contribution in [2.45, 2.75) is 44.2 Å². The summed E-state index contributed by atoms with van der Waals surface area (Å²) >= 11 is 0. The molecule has 180 valence electrons. The third-order valence-corrected chi connectivity index (χ3v) is 6.98. The summed E-state index contributed by atoms with van der Waals surface area (Å²) in [6, 6.07) is 15.0. The van der Waals surface area contributed by atoms with Gasteiger partial charge in [-0.2, -0.15) is 0 Å². The summed E-state index contributed by atoms with van der Waals surface area (Å²) in [6.07, 6.45) is -0.0917. The second kappa shape index (κ2) is 9.85. The van der Waals surface area contributed by atoms with E-state index in [2.05, 4.69) is 17.4 Å². The first-order valence-electron chi connectivity index (χ1n) is 11.7. The van der Waals surface area contributed by atoms with E-state index in [1.54, 1.807) is 13.8 Å². The zero-order valence-corrected chi connectivity index (χ0v) is 19.5. The number of nitrogens with one attached hydrogen (secondary N) is 1. The number of aliphatic carboxylic acids is 1. The summed E-state index contributed by atoms with van der Waals surface area (Å²) in [4.78, 5) is 39.3. The first kappa shape index (κ1) is 23.8. The number of alkyl carbamates (subject to hydrolysis) is 1. The normalized spacial score (nSPS) is 17.6. The summed E-state index contributed by atoms with van der Waals surface area (Å²) in [5.74, 6) is -1.65.